The summed E-state index contributed by atoms with van der Waals surface area (Å²) in [5.41, 5.74) is 1.41. The second kappa shape index (κ2) is 4.49. The number of carboxylic acids is 1. The summed E-state index contributed by atoms with van der Waals surface area (Å²) in [6, 6.07) is 7.84. The molecule has 2 N–H and O–H groups in total. The average molecular weight is 234 g/mol. The molecule has 1 aliphatic rings. The number of hydrogen-bond acceptors (Lipinski definition) is 2. The Labute approximate surface area is 101 Å². The number of hydrogen-bond donors (Lipinski definition) is 2. The number of aliphatic carboxylic acids is 1. The topological polar surface area (TPSA) is 57.5 Å². The van der Waals surface area contributed by atoms with E-state index in [1.165, 1.54) is 0 Å². The molecule has 0 spiro atoms. The summed E-state index contributed by atoms with van der Waals surface area (Å²) in [6.45, 7) is 1.88. The number of rotatable bonds is 4. The Morgan fingerprint density at radius 3 is 2.29 bits per heavy atom. The molecule has 3 nitrogen and oxygen atoms in total. The standard InChI is InChI=1S/C14H18O3/c1-2-12(15)9-14(13(16)17)7-10-5-3-4-6-11(10)8-14/h3-6,12,15H,2,7-9H2,1H3,(H,16,17). The number of carboxylic acid groups (broad SMARTS) is 1. The van der Waals surface area contributed by atoms with E-state index < -0.39 is 17.5 Å². The van der Waals surface area contributed by atoms with E-state index in [1.807, 2.05) is 31.2 Å². The number of fused-ring (bicyclic) bond motifs is 1. The van der Waals surface area contributed by atoms with Crippen LogP contribution in [-0.4, -0.2) is 22.3 Å². The summed E-state index contributed by atoms with van der Waals surface area (Å²) >= 11 is 0. The van der Waals surface area contributed by atoms with Crippen molar-refractivity contribution in [3.05, 3.63) is 35.4 Å². The first-order chi connectivity index (χ1) is 8.07. The lowest BCUT2D eigenvalue weighted by molar-refractivity contribution is -0.150. The highest BCUT2D eigenvalue weighted by Crippen LogP contribution is 2.41. The maximum absolute atomic E-state index is 11.5. The lowest BCUT2D eigenvalue weighted by Crippen LogP contribution is -2.35. The highest BCUT2D eigenvalue weighted by atomic mass is 16.4. The van der Waals surface area contributed by atoms with Gasteiger partial charge in [-0.2, -0.15) is 0 Å². The third-order valence-electron chi connectivity index (χ3n) is 3.73. The van der Waals surface area contributed by atoms with E-state index in [0.717, 1.165) is 11.1 Å². The molecule has 1 unspecified atom stereocenters. The minimum atomic E-state index is -0.806. The van der Waals surface area contributed by atoms with Crippen LogP contribution in [0.5, 0.6) is 0 Å². The van der Waals surface area contributed by atoms with Gasteiger partial charge in [0, 0.05) is 0 Å². The van der Waals surface area contributed by atoms with Crippen LogP contribution in [0.2, 0.25) is 0 Å². The second-order valence-corrected chi connectivity index (χ2v) is 4.97. The molecule has 0 amide bonds. The Hall–Kier alpha value is -1.35. The van der Waals surface area contributed by atoms with Crippen molar-refractivity contribution in [3.63, 3.8) is 0 Å². The van der Waals surface area contributed by atoms with Crippen LogP contribution in [0.25, 0.3) is 0 Å². The molecule has 1 aliphatic carbocycles. The van der Waals surface area contributed by atoms with E-state index in [1.54, 1.807) is 0 Å². The first-order valence-electron chi connectivity index (χ1n) is 6.05. The molecule has 0 aliphatic heterocycles. The summed E-state index contributed by atoms with van der Waals surface area (Å²) in [7, 11) is 0. The van der Waals surface area contributed by atoms with Crippen LogP contribution in [0, 0.1) is 5.41 Å². The van der Waals surface area contributed by atoms with Crippen molar-refractivity contribution in [3.8, 4) is 0 Å². The lowest BCUT2D eigenvalue weighted by Gasteiger charge is -2.26. The molecule has 3 heteroatoms. The number of aliphatic hydroxyl groups is 1. The second-order valence-electron chi connectivity index (χ2n) is 4.97. The van der Waals surface area contributed by atoms with Crippen molar-refractivity contribution < 1.29 is 15.0 Å². The van der Waals surface area contributed by atoms with Gasteiger partial charge >= 0.3 is 5.97 Å². The van der Waals surface area contributed by atoms with Crippen LogP contribution in [0.1, 0.15) is 30.9 Å². The molecule has 17 heavy (non-hydrogen) atoms. The van der Waals surface area contributed by atoms with Gasteiger partial charge in [-0.1, -0.05) is 31.2 Å². The Bertz CT molecular complexity index is 400. The predicted octanol–water partition coefficient (Wildman–Crippen LogP) is 2.02. The lowest BCUT2D eigenvalue weighted by atomic mass is 9.79. The Morgan fingerprint density at radius 2 is 1.88 bits per heavy atom. The van der Waals surface area contributed by atoms with Crippen LogP contribution in [0.3, 0.4) is 0 Å². The summed E-state index contributed by atoms with van der Waals surface area (Å²) in [5, 5.41) is 19.2. The van der Waals surface area contributed by atoms with Crippen molar-refractivity contribution in [1.29, 1.82) is 0 Å². The fourth-order valence-electron chi connectivity index (χ4n) is 2.67. The SMILES string of the molecule is CCC(O)CC1(C(=O)O)Cc2ccccc2C1. The van der Waals surface area contributed by atoms with Crippen LogP contribution in [-0.2, 0) is 17.6 Å². The van der Waals surface area contributed by atoms with Crippen molar-refractivity contribution in [1.82, 2.24) is 0 Å². The summed E-state index contributed by atoms with van der Waals surface area (Å²) in [6.07, 6.45) is 1.49. The molecule has 0 radical (unpaired) electrons. The third kappa shape index (κ3) is 2.20. The van der Waals surface area contributed by atoms with Crippen LogP contribution in [0.4, 0.5) is 0 Å². The Morgan fingerprint density at radius 1 is 1.35 bits per heavy atom. The summed E-state index contributed by atoms with van der Waals surface area (Å²) < 4.78 is 0. The minimum Gasteiger partial charge on any atom is -0.481 e. The largest absolute Gasteiger partial charge is 0.481 e. The molecule has 0 fully saturated rings. The Kier molecular flexibility index (Phi) is 3.20. The van der Waals surface area contributed by atoms with Gasteiger partial charge in [0.15, 0.2) is 0 Å². The molecule has 0 saturated heterocycles. The van der Waals surface area contributed by atoms with Crippen molar-refractivity contribution in [2.45, 2.75) is 38.7 Å². The van der Waals surface area contributed by atoms with Gasteiger partial charge in [-0.05, 0) is 36.8 Å². The first kappa shape index (κ1) is 12.1. The van der Waals surface area contributed by atoms with Gasteiger partial charge in [0.25, 0.3) is 0 Å². The zero-order chi connectivity index (χ0) is 12.5. The molecule has 92 valence electrons. The zero-order valence-corrected chi connectivity index (χ0v) is 10.0. The van der Waals surface area contributed by atoms with E-state index in [2.05, 4.69) is 0 Å². The molecule has 1 atom stereocenters. The highest BCUT2D eigenvalue weighted by Gasteiger charge is 2.44. The van der Waals surface area contributed by atoms with E-state index in [4.69, 9.17) is 0 Å². The maximum Gasteiger partial charge on any atom is 0.310 e. The van der Waals surface area contributed by atoms with E-state index in [0.29, 0.717) is 25.7 Å². The molecular formula is C14H18O3. The number of benzene rings is 1. The van der Waals surface area contributed by atoms with E-state index in [-0.39, 0.29) is 0 Å². The van der Waals surface area contributed by atoms with Crippen LogP contribution in [0.15, 0.2) is 24.3 Å². The van der Waals surface area contributed by atoms with Crippen molar-refractivity contribution in [2.24, 2.45) is 5.41 Å². The van der Waals surface area contributed by atoms with Crippen molar-refractivity contribution in [2.75, 3.05) is 0 Å². The Balaban J connectivity index is 2.26. The van der Waals surface area contributed by atoms with E-state index in [9.17, 15) is 15.0 Å². The number of aliphatic hydroxyl groups excluding tert-OH is 1. The molecule has 0 aromatic heterocycles. The van der Waals surface area contributed by atoms with Gasteiger partial charge in [-0.15, -0.1) is 0 Å². The third-order valence-corrected chi connectivity index (χ3v) is 3.73. The number of carbonyl (C=O) groups is 1. The molecule has 1 aromatic carbocycles. The summed E-state index contributed by atoms with van der Waals surface area (Å²) in [4.78, 5) is 11.5. The molecular weight excluding hydrogens is 216 g/mol. The minimum absolute atomic E-state index is 0.341. The van der Waals surface area contributed by atoms with Gasteiger partial charge in [-0.25, -0.2) is 0 Å². The van der Waals surface area contributed by atoms with Gasteiger partial charge in [0.1, 0.15) is 0 Å². The van der Waals surface area contributed by atoms with Crippen LogP contribution < -0.4 is 0 Å². The monoisotopic (exact) mass is 234 g/mol. The molecule has 1 aromatic rings. The average Bonchev–Trinajstić information content (AvgIpc) is 2.68. The smallest absolute Gasteiger partial charge is 0.310 e. The maximum atomic E-state index is 11.5. The summed E-state index contributed by atoms with van der Waals surface area (Å²) in [5.74, 6) is -0.791. The van der Waals surface area contributed by atoms with Gasteiger partial charge in [0.05, 0.1) is 11.5 Å². The van der Waals surface area contributed by atoms with Crippen LogP contribution >= 0.6 is 0 Å². The molecule has 0 saturated carbocycles. The normalized spacial score (nSPS) is 18.7. The predicted molar refractivity (Wildman–Crippen MR) is 64.8 cm³/mol. The quantitative estimate of drug-likeness (QED) is 0.838. The molecule has 0 heterocycles. The van der Waals surface area contributed by atoms with Gasteiger partial charge in [0.2, 0.25) is 0 Å². The highest BCUT2D eigenvalue weighted by molar-refractivity contribution is 5.77. The van der Waals surface area contributed by atoms with Crippen molar-refractivity contribution >= 4 is 5.97 Å². The van der Waals surface area contributed by atoms with Gasteiger partial charge in [-0.3, -0.25) is 4.79 Å². The zero-order valence-electron chi connectivity index (χ0n) is 10.0. The fourth-order valence-corrected chi connectivity index (χ4v) is 2.67. The van der Waals surface area contributed by atoms with E-state index >= 15 is 0 Å². The molecule has 2 rings (SSSR count). The first-order valence-corrected chi connectivity index (χ1v) is 6.05. The fraction of sp³-hybridized carbons (Fsp3) is 0.500. The molecule has 0 bridgehead atoms. The van der Waals surface area contributed by atoms with Gasteiger partial charge < -0.3 is 10.2 Å².